The molecule has 0 aliphatic heterocycles. The van der Waals surface area contributed by atoms with E-state index in [0.717, 1.165) is 33.5 Å². The number of hydrogen-bond donors (Lipinski definition) is 0. The van der Waals surface area contributed by atoms with Gasteiger partial charge in [0.2, 0.25) is 0 Å². The van der Waals surface area contributed by atoms with Crippen molar-refractivity contribution in [2.24, 2.45) is 0 Å². The number of fused-ring (bicyclic) bond motifs is 2. The van der Waals surface area contributed by atoms with Crippen molar-refractivity contribution in [2.45, 2.75) is 13.5 Å². The molecule has 0 saturated heterocycles. The van der Waals surface area contributed by atoms with Crippen LogP contribution in [0.5, 0.6) is 0 Å². The Hall–Kier alpha value is -3.80. The minimum atomic E-state index is -0.0797. The van der Waals surface area contributed by atoms with Gasteiger partial charge in [-0.3, -0.25) is 9.78 Å². The third kappa shape index (κ3) is 2.75. The molecule has 4 aromatic heterocycles. The largest absolute Gasteiger partial charge is 0.309 e. The molecule has 0 aliphatic carbocycles. The lowest BCUT2D eigenvalue weighted by atomic mass is 10.0. The molecule has 0 amide bonds. The number of imidazole rings is 1. The van der Waals surface area contributed by atoms with Crippen LogP contribution in [0.25, 0.3) is 27.5 Å². The Bertz CT molecular complexity index is 1370. The van der Waals surface area contributed by atoms with Gasteiger partial charge in [-0.15, -0.1) is 0 Å². The number of hydrogen-bond acceptors (Lipinski definition) is 4. The Balaban J connectivity index is 1.59. The van der Waals surface area contributed by atoms with E-state index in [-0.39, 0.29) is 5.56 Å². The molecule has 0 radical (unpaired) electrons. The lowest BCUT2D eigenvalue weighted by molar-refractivity contribution is 0.750. The molecule has 0 atom stereocenters. The van der Waals surface area contributed by atoms with Crippen molar-refractivity contribution < 1.29 is 0 Å². The summed E-state index contributed by atoms with van der Waals surface area (Å²) in [4.78, 5) is 21.9. The molecule has 28 heavy (non-hydrogen) atoms. The van der Waals surface area contributed by atoms with Gasteiger partial charge in [-0.2, -0.15) is 5.10 Å². The van der Waals surface area contributed by atoms with Crippen LogP contribution in [-0.2, 0) is 6.54 Å². The molecule has 0 bridgehead atoms. The van der Waals surface area contributed by atoms with Crippen molar-refractivity contribution in [1.29, 1.82) is 0 Å². The van der Waals surface area contributed by atoms with Gasteiger partial charge in [0.25, 0.3) is 5.56 Å². The van der Waals surface area contributed by atoms with Crippen LogP contribution in [0.2, 0.25) is 0 Å². The molecule has 0 unspecified atom stereocenters. The molecule has 4 heterocycles. The molecular weight excluding hydrogens is 350 g/mol. The highest BCUT2D eigenvalue weighted by Crippen LogP contribution is 2.25. The highest BCUT2D eigenvalue weighted by Gasteiger charge is 2.10. The predicted octanol–water partition coefficient (Wildman–Crippen LogP) is 3.46. The Kier molecular flexibility index (Phi) is 3.76. The van der Waals surface area contributed by atoms with E-state index in [1.165, 1.54) is 0 Å². The molecule has 6 heteroatoms. The highest BCUT2D eigenvalue weighted by molar-refractivity contribution is 5.95. The second kappa shape index (κ2) is 6.42. The van der Waals surface area contributed by atoms with E-state index in [4.69, 9.17) is 0 Å². The van der Waals surface area contributed by atoms with Gasteiger partial charge in [0.05, 0.1) is 29.5 Å². The Morgan fingerprint density at radius 1 is 0.964 bits per heavy atom. The van der Waals surface area contributed by atoms with Crippen molar-refractivity contribution in [1.82, 2.24) is 24.1 Å². The zero-order chi connectivity index (χ0) is 19.1. The number of pyridine rings is 2. The summed E-state index contributed by atoms with van der Waals surface area (Å²) in [6.45, 7) is 2.32. The fourth-order valence-corrected chi connectivity index (χ4v) is 3.46. The lowest BCUT2D eigenvalue weighted by Crippen LogP contribution is -2.20. The van der Waals surface area contributed by atoms with E-state index in [9.17, 15) is 4.79 Å². The van der Waals surface area contributed by atoms with Crippen LogP contribution in [0, 0.1) is 6.92 Å². The minimum absolute atomic E-state index is 0.0797. The van der Waals surface area contributed by atoms with Crippen molar-refractivity contribution in [2.75, 3.05) is 0 Å². The van der Waals surface area contributed by atoms with Gasteiger partial charge in [-0.1, -0.05) is 30.3 Å². The first-order valence-corrected chi connectivity index (χ1v) is 9.03. The summed E-state index contributed by atoms with van der Waals surface area (Å²) >= 11 is 0. The maximum Gasteiger partial charge on any atom is 0.260 e. The van der Waals surface area contributed by atoms with Crippen molar-refractivity contribution >= 4 is 16.4 Å². The second-order valence-electron chi connectivity index (χ2n) is 6.77. The molecule has 5 rings (SSSR count). The summed E-state index contributed by atoms with van der Waals surface area (Å²) in [5, 5.41) is 5.91. The molecule has 1 aromatic carbocycles. The normalized spacial score (nSPS) is 11.3. The maximum absolute atomic E-state index is 13.1. The van der Waals surface area contributed by atoms with Crippen LogP contribution in [0.15, 0.2) is 78.1 Å². The average molecular weight is 367 g/mol. The zero-order valence-corrected chi connectivity index (χ0v) is 15.3. The lowest BCUT2D eigenvalue weighted by Gasteiger charge is -2.09. The van der Waals surface area contributed by atoms with E-state index >= 15 is 0 Å². The molecule has 0 spiro atoms. The van der Waals surface area contributed by atoms with Gasteiger partial charge >= 0.3 is 0 Å². The van der Waals surface area contributed by atoms with Gasteiger partial charge < -0.3 is 4.57 Å². The van der Waals surface area contributed by atoms with Crippen LogP contribution < -0.4 is 5.56 Å². The fourth-order valence-electron chi connectivity index (χ4n) is 3.46. The predicted molar refractivity (Wildman–Crippen MR) is 108 cm³/mol. The first-order valence-electron chi connectivity index (χ1n) is 9.03. The number of aromatic nitrogens is 5. The van der Waals surface area contributed by atoms with Crippen LogP contribution in [0.3, 0.4) is 0 Å². The Morgan fingerprint density at radius 2 is 1.82 bits per heavy atom. The van der Waals surface area contributed by atoms with Crippen LogP contribution in [0.4, 0.5) is 0 Å². The minimum Gasteiger partial charge on any atom is -0.309 e. The molecule has 136 valence electrons. The molecule has 0 saturated carbocycles. The van der Waals surface area contributed by atoms with E-state index in [1.807, 2.05) is 67.8 Å². The van der Waals surface area contributed by atoms with Crippen LogP contribution in [0.1, 0.15) is 11.4 Å². The van der Waals surface area contributed by atoms with Crippen molar-refractivity contribution in [3.8, 4) is 11.1 Å². The Morgan fingerprint density at radius 3 is 2.68 bits per heavy atom. The van der Waals surface area contributed by atoms with Gasteiger partial charge in [0, 0.05) is 24.2 Å². The number of nitrogens with zero attached hydrogens (tertiary/aromatic N) is 5. The Labute approximate surface area is 160 Å². The first-order chi connectivity index (χ1) is 13.7. The molecule has 6 nitrogen and oxygen atoms in total. The number of rotatable bonds is 3. The van der Waals surface area contributed by atoms with Crippen molar-refractivity contribution in [3.63, 3.8) is 0 Å². The summed E-state index contributed by atoms with van der Waals surface area (Å²) in [5.41, 5.74) is 4.38. The molecule has 0 fully saturated rings. The molecule has 0 N–H and O–H groups in total. The van der Waals surface area contributed by atoms with Gasteiger partial charge in [-0.25, -0.2) is 9.50 Å². The summed E-state index contributed by atoms with van der Waals surface area (Å²) in [6.07, 6.45) is 7.12. The standard InChI is InChI=1S/C22H17N5O/c1-15-7-8-21-24-17(14-27(21)25-15)13-26-10-9-18-19(16-5-3-2-4-6-16)11-23-12-20(18)22(26)28/h2-12,14H,13H2,1H3. The number of aryl methyl sites for hydroxylation is 1. The summed E-state index contributed by atoms with van der Waals surface area (Å²) in [5.74, 6) is 0. The summed E-state index contributed by atoms with van der Waals surface area (Å²) in [7, 11) is 0. The smallest absolute Gasteiger partial charge is 0.260 e. The van der Waals surface area contributed by atoms with E-state index in [0.29, 0.717) is 11.9 Å². The molecule has 5 aromatic rings. The summed E-state index contributed by atoms with van der Waals surface area (Å²) in [6, 6.07) is 15.8. The highest BCUT2D eigenvalue weighted by atomic mass is 16.1. The zero-order valence-electron chi connectivity index (χ0n) is 15.3. The average Bonchev–Trinajstić information content (AvgIpc) is 3.12. The third-order valence-corrected chi connectivity index (χ3v) is 4.82. The first kappa shape index (κ1) is 16.4. The molecular formula is C22H17N5O. The monoisotopic (exact) mass is 367 g/mol. The molecule has 0 aliphatic rings. The van der Waals surface area contributed by atoms with E-state index in [2.05, 4.69) is 15.1 Å². The van der Waals surface area contributed by atoms with Crippen molar-refractivity contribution in [3.05, 3.63) is 95.1 Å². The van der Waals surface area contributed by atoms with E-state index < -0.39 is 0 Å². The summed E-state index contributed by atoms with van der Waals surface area (Å²) < 4.78 is 3.40. The topological polar surface area (TPSA) is 65.1 Å². The SMILES string of the molecule is Cc1ccc2nc(Cn3ccc4c(-c5ccccc5)cncc4c3=O)cn2n1. The van der Waals surface area contributed by atoms with Crippen LogP contribution >= 0.6 is 0 Å². The number of benzene rings is 1. The fraction of sp³-hybridized carbons (Fsp3) is 0.0909. The van der Waals surface area contributed by atoms with Gasteiger partial charge in [0.15, 0.2) is 5.65 Å². The van der Waals surface area contributed by atoms with Gasteiger partial charge in [-0.05, 0) is 36.1 Å². The van der Waals surface area contributed by atoms with Crippen LogP contribution in [-0.4, -0.2) is 24.1 Å². The maximum atomic E-state index is 13.1. The third-order valence-electron chi connectivity index (χ3n) is 4.82. The van der Waals surface area contributed by atoms with Gasteiger partial charge in [0.1, 0.15) is 0 Å². The van der Waals surface area contributed by atoms with E-state index in [1.54, 1.807) is 21.5 Å². The second-order valence-corrected chi connectivity index (χ2v) is 6.77. The quantitative estimate of drug-likeness (QED) is 0.490.